The zero-order valence-corrected chi connectivity index (χ0v) is 15.9. The van der Waals surface area contributed by atoms with Crippen LogP contribution >= 0.6 is 0 Å². The Morgan fingerprint density at radius 2 is 1.92 bits per heavy atom. The van der Waals surface area contributed by atoms with Gasteiger partial charge in [-0.05, 0) is 37.9 Å². The molecule has 2 heterocycles. The van der Waals surface area contributed by atoms with E-state index in [0.29, 0.717) is 5.92 Å². The van der Waals surface area contributed by atoms with Crippen LogP contribution in [-0.2, 0) is 0 Å². The normalized spacial score (nSPS) is 22.7. The number of benzene rings is 1. The van der Waals surface area contributed by atoms with E-state index < -0.39 is 0 Å². The Hall–Kier alpha value is -1.85. The lowest BCUT2D eigenvalue weighted by Crippen LogP contribution is -2.52. The van der Waals surface area contributed by atoms with Crippen molar-refractivity contribution in [1.29, 1.82) is 0 Å². The van der Waals surface area contributed by atoms with E-state index in [1.54, 1.807) is 0 Å². The summed E-state index contributed by atoms with van der Waals surface area (Å²) in [6.45, 7) is 7.55. The number of nitrogens with zero attached hydrogens (tertiary/aromatic N) is 3. The third-order valence-corrected chi connectivity index (χ3v) is 5.40. The SMILES string of the molecule is CN1CCCC(CNC(=O)N2CCN(CC=Cc3ccccc3)CC2)C1. The van der Waals surface area contributed by atoms with Crippen molar-refractivity contribution < 1.29 is 4.79 Å². The number of rotatable bonds is 5. The van der Waals surface area contributed by atoms with Gasteiger partial charge >= 0.3 is 6.03 Å². The smallest absolute Gasteiger partial charge is 0.317 e. The average Bonchev–Trinajstić information content (AvgIpc) is 2.68. The van der Waals surface area contributed by atoms with Gasteiger partial charge < -0.3 is 15.1 Å². The van der Waals surface area contributed by atoms with E-state index in [-0.39, 0.29) is 6.03 Å². The lowest BCUT2D eigenvalue weighted by molar-refractivity contribution is 0.143. The van der Waals surface area contributed by atoms with Crippen molar-refractivity contribution in [1.82, 2.24) is 20.0 Å². The topological polar surface area (TPSA) is 38.8 Å². The number of urea groups is 1. The Morgan fingerprint density at radius 3 is 2.65 bits per heavy atom. The number of likely N-dealkylation sites (tertiary alicyclic amines) is 1. The summed E-state index contributed by atoms with van der Waals surface area (Å²) >= 11 is 0. The lowest BCUT2D eigenvalue weighted by Gasteiger charge is -2.35. The highest BCUT2D eigenvalue weighted by atomic mass is 16.2. The molecule has 142 valence electrons. The molecule has 1 atom stereocenters. The van der Waals surface area contributed by atoms with Crippen molar-refractivity contribution in [3.05, 3.63) is 42.0 Å². The van der Waals surface area contributed by atoms with E-state index in [1.807, 2.05) is 11.0 Å². The molecule has 2 amide bonds. The Morgan fingerprint density at radius 1 is 1.15 bits per heavy atom. The quantitative estimate of drug-likeness (QED) is 0.880. The van der Waals surface area contributed by atoms with Gasteiger partial charge in [0.15, 0.2) is 0 Å². The number of piperidine rings is 1. The second-order valence-corrected chi connectivity index (χ2v) is 7.56. The molecule has 2 fully saturated rings. The minimum absolute atomic E-state index is 0.109. The summed E-state index contributed by atoms with van der Waals surface area (Å²) in [5.74, 6) is 0.599. The van der Waals surface area contributed by atoms with Crippen LogP contribution in [0.1, 0.15) is 18.4 Å². The summed E-state index contributed by atoms with van der Waals surface area (Å²) in [5, 5.41) is 3.15. The molecule has 0 radical (unpaired) electrons. The molecule has 1 N–H and O–H groups in total. The lowest BCUT2D eigenvalue weighted by atomic mass is 9.99. The predicted octanol–water partition coefficient (Wildman–Crippen LogP) is 2.37. The molecule has 3 rings (SSSR count). The predicted molar refractivity (Wildman–Crippen MR) is 107 cm³/mol. The van der Waals surface area contributed by atoms with Crippen molar-refractivity contribution in [3.8, 4) is 0 Å². The number of piperazine rings is 1. The first-order valence-electron chi connectivity index (χ1n) is 9.86. The standard InChI is InChI=1S/C21H32N4O/c1-23-11-5-10-20(18-23)17-22-21(26)25-15-13-24(14-16-25)12-6-9-19-7-3-2-4-8-19/h2-4,6-9,20H,5,10-18H2,1H3,(H,22,26). The van der Waals surface area contributed by atoms with Gasteiger partial charge in [0, 0.05) is 45.8 Å². The molecule has 0 spiro atoms. The van der Waals surface area contributed by atoms with Gasteiger partial charge in [0.1, 0.15) is 0 Å². The number of hydrogen-bond donors (Lipinski definition) is 1. The summed E-state index contributed by atoms with van der Waals surface area (Å²) in [7, 11) is 2.17. The molecule has 1 unspecified atom stereocenters. The third-order valence-electron chi connectivity index (χ3n) is 5.40. The highest BCUT2D eigenvalue weighted by Crippen LogP contribution is 2.14. The number of carbonyl (C=O) groups is 1. The highest BCUT2D eigenvalue weighted by molar-refractivity contribution is 5.74. The van der Waals surface area contributed by atoms with Crippen LogP contribution in [0.4, 0.5) is 4.79 Å². The van der Waals surface area contributed by atoms with Crippen LogP contribution in [0.3, 0.4) is 0 Å². The van der Waals surface area contributed by atoms with Crippen LogP contribution < -0.4 is 5.32 Å². The van der Waals surface area contributed by atoms with Crippen LogP contribution in [0.2, 0.25) is 0 Å². The van der Waals surface area contributed by atoms with Crippen LogP contribution in [0.15, 0.2) is 36.4 Å². The summed E-state index contributed by atoms with van der Waals surface area (Å²) in [6, 6.07) is 10.5. The fourth-order valence-electron chi connectivity index (χ4n) is 3.82. The van der Waals surface area contributed by atoms with Crippen molar-refractivity contribution >= 4 is 12.1 Å². The molecule has 0 bridgehead atoms. The second-order valence-electron chi connectivity index (χ2n) is 7.56. The number of carbonyl (C=O) groups excluding carboxylic acids is 1. The van der Waals surface area contributed by atoms with E-state index in [4.69, 9.17) is 0 Å². The average molecular weight is 357 g/mol. The molecule has 0 aromatic heterocycles. The van der Waals surface area contributed by atoms with Crippen molar-refractivity contribution in [3.63, 3.8) is 0 Å². The van der Waals surface area contributed by atoms with E-state index in [0.717, 1.165) is 45.8 Å². The monoisotopic (exact) mass is 356 g/mol. The van der Waals surface area contributed by atoms with Crippen LogP contribution in [0.5, 0.6) is 0 Å². The number of hydrogen-bond acceptors (Lipinski definition) is 3. The largest absolute Gasteiger partial charge is 0.338 e. The first-order valence-corrected chi connectivity index (χ1v) is 9.86. The summed E-state index contributed by atoms with van der Waals surface area (Å²) in [4.78, 5) is 19.1. The molecule has 2 saturated heterocycles. The Balaban J connectivity index is 1.34. The number of nitrogens with one attached hydrogen (secondary N) is 1. The van der Waals surface area contributed by atoms with Gasteiger partial charge in [-0.3, -0.25) is 4.90 Å². The fraction of sp³-hybridized carbons (Fsp3) is 0.571. The third kappa shape index (κ3) is 5.85. The minimum Gasteiger partial charge on any atom is -0.338 e. The first kappa shape index (κ1) is 18.9. The zero-order valence-electron chi connectivity index (χ0n) is 15.9. The molecule has 2 aliphatic rings. The summed E-state index contributed by atoms with van der Waals surface area (Å²) in [5.41, 5.74) is 1.24. The van der Waals surface area contributed by atoms with Gasteiger partial charge in [-0.15, -0.1) is 0 Å². The molecule has 2 aliphatic heterocycles. The van der Waals surface area contributed by atoms with Gasteiger partial charge in [0.05, 0.1) is 0 Å². The maximum absolute atomic E-state index is 12.4. The Labute approximate surface area is 157 Å². The van der Waals surface area contributed by atoms with Crippen molar-refractivity contribution in [2.75, 3.05) is 59.4 Å². The van der Waals surface area contributed by atoms with E-state index in [9.17, 15) is 4.79 Å². The summed E-state index contributed by atoms with van der Waals surface area (Å²) in [6.07, 6.45) is 6.85. The molecule has 5 nitrogen and oxygen atoms in total. The molecule has 1 aromatic carbocycles. The van der Waals surface area contributed by atoms with Gasteiger partial charge in [0.25, 0.3) is 0 Å². The first-order chi connectivity index (χ1) is 12.7. The minimum atomic E-state index is 0.109. The fourth-order valence-corrected chi connectivity index (χ4v) is 3.82. The molecule has 5 heteroatoms. The maximum atomic E-state index is 12.4. The maximum Gasteiger partial charge on any atom is 0.317 e. The van der Waals surface area contributed by atoms with Crippen LogP contribution in [0, 0.1) is 5.92 Å². The van der Waals surface area contributed by atoms with Gasteiger partial charge in [-0.25, -0.2) is 4.79 Å². The van der Waals surface area contributed by atoms with Crippen molar-refractivity contribution in [2.45, 2.75) is 12.8 Å². The molecular weight excluding hydrogens is 324 g/mol. The zero-order chi connectivity index (χ0) is 18.2. The number of amides is 2. The highest BCUT2D eigenvalue weighted by Gasteiger charge is 2.22. The molecule has 1 aromatic rings. The molecule has 0 saturated carbocycles. The van der Waals surface area contributed by atoms with Crippen molar-refractivity contribution in [2.24, 2.45) is 5.92 Å². The summed E-state index contributed by atoms with van der Waals surface area (Å²) < 4.78 is 0. The van der Waals surface area contributed by atoms with Gasteiger partial charge in [-0.2, -0.15) is 0 Å². The van der Waals surface area contributed by atoms with Crippen LogP contribution in [0.25, 0.3) is 6.08 Å². The van der Waals surface area contributed by atoms with E-state index in [1.165, 1.54) is 24.9 Å². The molecular formula is C21H32N4O. The second kappa shape index (κ2) is 9.74. The van der Waals surface area contributed by atoms with Gasteiger partial charge in [-0.1, -0.05) is 42.5 Å². The van der Waals surface area contributed by atoms with Crippen LogP contribution in [-0.4, -0.2) is 80.1 Å². The Bertz CT molecular complexity index is 581. The Kier molecular flexibility index (Phi) is 7.09. The van der Waals surface area contributed by atoms with E-state index >= 15 is 0 Å². The van der Waals surface area contributed by atoms with Gasteiger partial charge in [0.2, 0.25) is 0 Å². The molecule has 26 heavy (non-hydrogen) atoms. The molecule has 0 aliphatic carbocycles. The van der Waals surface area contributed by atoms with E-state index in [2.05, 4.69) is 58.6 Å².